The lowest BCUT2D eigenvalue weighted by Crippen LogP contribution is -2.30. The highest BCUT2D eigenvalue weighted by Gasteiger charge is 2.18. The maximum absolute atomic E-state index is 13.3. The summed E-state index contributed by atoms with van der Waals surface area (Å²) in [5.41, 5.74) is 2.27. The van der Waals surface area contributed by atoms with Gasteiger partial charge in [0.1, 0.15) is 5.70 Å². The summed E-state index contributed by atoms with van der Waals surface area (Å²) < 4.78 is 0. The molecule has 0 aliphatic rings. The Morgan fingerprint density at radius 2 is 1.66 bits per heavy atom. The number of anilines is 2. The Labute approximate surface area is 245 Å². The van der Waals surface area contributed by atoms with Gasteiger partial charge in [-0.25, -0.2) is 4.79 Å². The van der Waals surface area contributed by atoms with Gasteiger partial charge in [-0.2, -0.15) is 0 Å². The van der Waals surface area contributed by atoms with Gasteiger partial charge < -0.3 is 21.1 Å². The maximum atomic E-state index is 13.3. The second kappa shape index (κ2) is 13.6. The van der Waals surface area contributed by atoms with E-state index in [0.717, 1.165) is 15.3 Å². The van der Waals surface area contributed by atoms with Gasteiger partial charge >= 0.3 is 5.97 Å². The summed E-state index contributed by atoms with van der Waals surface area (Å²) >= 11 is 2.72. The van der Waals surface area contributed by atoms with E-state index in [1.54, 1.807) is 74.5 Å². The zero-order valence-electron chi connectivity index (χ0n) is 22.2. The lowest BCUT2D eigenvalue weighted by atomic mass is 10.1. The lowest BCUT2D eigenvalue weighted by Gasteiger charge is -2.15. The van der Waals surface area contributed by atoms with Gasteiger partial charge in [-0.1, -0.05) is 36.4 Å². The molecule has 41 heavy (non-hydrogen) atoms. The highest BCUT2D eigenvalue weighted by molar-refractivity contribution is 8.00. The molecule has 4 aromatic rings. The highest BCUT2D eigenvalue weighted by Crippen LogP contribution is 2.28. The Bertz CT molecular complexity index is 1600. The van der Waals surface area contributed by atoms with Gasteiger partial charge in [0.05, 0.1) is 10.8 Å². The second-order valence-corrected chi connectivity index (χ2v) is 11.4. The van der Waals surface area contributed by atoms with Gasteiger partial charge in [-0.05, 0) is 79.4 Å². The van der Waals surface area contributed by atoms with E-state index in [9.17, 15) is 24.3 Å². The standard InChI is InChI=1S/C31H27N3O5S2/c1-19-13-14-22(31(38)39)16-26(19)33-28(35)20(2)41-25-11-6-10-23(17-25)32-30(37)27(18-24-12-7-15-40-24)34-29(36)21-8-4-3-5-9-21/h3-18,20H,1-2H3,(H,32,37)(H,33,35)(H,34,36)(H,38,39)/b27-18-. The monoisotopic (exact) mass is 585 g/mol. The average molecular weight is 586 g/mol. The molecule has 0 fully saturated rings. The fourth-order valence-corrected chi connectivity index (χ4v) is 5.27. The number of carbonyl (C=O) groups is 4. The Balaban J connectivity index is 1.45. The number of amides is 3. The predicted molar refractivity (Wildman–Crippen MR) is 163 cm³/mol. The summed E-state index contributed by atoms with van der Waals surface area (Å²) in [6.07, 6.45) is 1.62. The average Bonchev–Trinajstić information content (AvgIpc) is 3.47. The zero-order valence-corrected chi connectivity index (χ0v) is 23.8. The molecular formula is C31H27N3O5S2. The number of carbonyl (C=O) groups excluding carboxylic acids is 3. The number of thioether (sulfide) groups is 1. The van der Waals surface area contributed by atoms with Crippen molar-refractivity contribution in [3.05, 3.63) is 118 Å². The topological polar surface area (TPSA) is 125 Å². The fourth-order valence-electron chi connectivity index (χ4n) is 3.69. The molecule has 10 heteroatoms. The Hall–Kier alpha value is -4.67. The number of benzene rings is 3. The first-order valence-electron chi connectivity index (χ1n) is 12.5. The third-order valence-corrected chi connectivity index (χ3v) is 7.79. The van der Waals surface area contributed by atoms with Gasteiger partial charge in [-0.3, -0.25) is 14.4 Å². The van der Waals surface area contributed by atoms with Crippen LogP contribution in [0, 0.1) is 6.92 Å². The van der Waals surface area contributed by atoms with Crippen LogP contribution in [0.2, 0.25) is 0 Å². The molecule has 0 aliphatic carbocycles. The van der Waals surface area contributed by atoms with Crippen LogP contribution in [0.15, 0.2) is 101 Å². The van der Waals surface area contributed by atoms with Crippen LogP contribution in [0.4, 0.5) is 11.4 Å². The summed E-state index contributed by atoms with van der Waals surface area (Å²) in [7, 11) is 0. The molecule has 4 N–H and O–H groups in total. The van der Waals surface area contributed by atoms with E-state index in [4.69, 9.17) is 0 Å². The van der Waals surface area contributed by atoms with Crippen LogP contribution in [-0.4, -0.2) is 34.0 Å². The van der Waals surface area contributed by atoms with Crippen molar-refractivity contribution in [2.45, 2.75) is 24.0 Å². The highest BCUT2D eigenvalue weighted by atomic mass is 32.2. The Kier molecular flexibility index (Phi) is 9.73. The molecule has 1 heterocycles. The molecule has 1 aromatic heterocycles. The van der Waals surface area contributed by atoms with Gasteiger partial charge in [0.15, 0.2) is 0 Å². The number of aromatic carboxylic acids is 1. The van der Waals surface area contributed by atoms with Crippen molar-refractivity contribution in [3.63, 3.8) is 0 Å². The van der Waals surface area contributed by atoms with Crippen LogP contribution in [0.25, 0.3) is 6.08 Å². The molecule has 0 saturated carbocycles. The lowest BCUT2D eigenvalue weighted by molar-refractivity contribution is -0.115. The van der Waals surface area contributed by atoms with Crippen molar-refractivity contribution in [1.29, 1.82) is 0 Å². The van der Waals surface area contributed by atoms with E-state index >= 15 is 0 Å². The largest absolute Gasteiger partial charge is 0.478 e. The van der Waals surface area contributed by atoms with Crippen molar-refractivity contribution in [2.24, 2.45) is 0 Å². The van der Waals surface area contributed by atoms with Gasteiger partial charge in [0, 0.05) is 26.7 Å². The van der Waals surface area contributed by atoms with E-state index in [2.05, 4.69) is 16.0 Å². The number of thiophene rings is 1. The Morgan fingerprint density at radius 1 is 0.878 bits per heavy atom. The van der Waals surface area contributed by atoms with Crippen molar-refractivity contribution in [1.82, 2.24) is 5.32 Å². The molecule has 0 bridgehead atoms. The molecule has 3 amide bonds. The van der Waals surface area contributed by atoms with Crippen LogP contribution in [0.3, 0.4) is 0 Å². The smallest absolute Gasteiger partial charge is 0.335 e. The fraction of sp³-hybridized carbons (Fsp3) is 0.0968. The maximum Gasteiger partial charge on any atom is 0.335 e. The molecule has 8 nitrogen and oxygen atoms in total. The minimum Gasteiger partial charge on any atom is -0.478 e. The number of rotatable bonds is 10. The number of hydrogen-bond acceptors (Lipinski definition) is 6. The first-order valence-corrected chi connectivity index (χ1v) is 14.3. The van der Waals surface area contributed by atoms with Gasteiger partial charge in [0.25, 0.3) is 11.8 Å². The van der Waals surface area contributed by atoms with Gasteiger partial charge in [-0.15, -0.1) is 23.1 Å². The summed E-state index contributed by atoms with van der Waals surface area (Å²) in [6, 6.07) is 23.9. The van der Waals surface area contributed by atoms with Crippen molar-refractivity contribution in [2.75, 3.05) is 10.6 Å². The number of aryl methyl sites for hydroxylation is 1. The molecule has 0 radical (unpaired) electrons. The quantitative estimate of drug-likeness (QED) is 0.128. The van der Waals surface area contributed by atoms with E-state index < -0.39 is 23.0 Å². The third kappa shape index (κ3) is 8.17. The minimum absolute atomic E-state index is 0.0853. The SMILES string of the molecule is Cc1ccc(C(=O)O)cc1NC(=O)C(C)Sc1cccc(NC(=O)/C(=C/c2cccs2)NC(=O)c2ccccc2)c1. The second-order valence-electron chi connectivity index (χ2n) is 8.96. The van der Waals surface area contributed by atoms with E-state index in [1.165, 1.54) is 35.2 Å². The summed E-state index contributed by atoms with van der Waals surface area (Å²) in [6.45, 7) is 3.53. The zero-order chi connectivity index (χ0) is 29.4. The predicted octanol–water partition coefficient (Wildman–Crippen LogP) is 6.28. The summed E-state index contributed by atoms with van der Waals surface area (Å²) in [5, 5.41) is 19.0. The third-order valence-electron chi connectivity index (χ3n) is 5.87. The van der Waals surface area contributed by atoms with Crippen LogP contribution in [-0.2, 0) is 9.59 Å². The minimum atomic E-state index is -1.07. The molecule has 3 aromatic carbocycles. The number of carboxylic acid groups (broad SMARTS) is 1. The molecule has 208 valence electrons. The number of carboxylic acids is 1. The first-order chi connectivity index (χ1) is 19.7. The van der Waals surface area contributed by atoms with Crippen molar-refractivity contribution < 1.29 is 24.3 Å². The van der Waals surface area contributed by atoms with E-state index in [0.29, 0.717) is 16.9 Å². The molecular weight excluding hydrogens is 558 g/mol. The number of nitrogens with one attached hydrogen (secondary N) is 3. The molecule has 1 unspecified atom stereocenters. The normalized spacial score (nSPS) is 11.8. The molecule has 1 atom stereocenters. The van der Waals surface area contributed by atoms with Crippen LogP contribution in [0.5, 0.6) is 0 Å². The van der Waals surface area contributed by atoms with E-state index in [-0.39, 0.29) is 17.2 Å². The molecule has 0 aliphatic heterocycles. The molecule has 0 saturated heterocycles. The molecule has 0 spiro atoms. The molecule has 4 rings (SSSR count). The number of hydrogen-bond donors (Lipinski definition) is 4. The van der Waals surface area contributed by atoms with Crippen LogP contribution < -0.4 is 16.0 Å². The van der Waals surface area contributed by atoms with Crippen molar-refractivity contribution in [3.8, 4) is 0 Å². The van der Waals surface area contributed by atoms with Gasteiger partial charge in [0.2, 0.25) is 5.91 Å². The summed E-state index contributed by atoms with van der Waals surface area (Å²) in [4.78, 5) is 51.8. The first kappa shape index (κ1) is 29.3. The van der Waals surface area contributed by atoms with Crippen molar-refractivity contribution >= 4 is 64.2 Å². The Morgan fingerprint density at radius 3 is 2.37 bits per heavy atom. The van der Waals surface area contributed by atoms with E-state index in [1.807, 2.05) is 23.6 Å². The van der Waals surface area contributed by atoms with Crippen LogP contribution in [0.1, 0.15) is 38.1 Å². The summed E-state index contributed by atoms with van der Waals surface area (Å²) in [5.74, 6) is -2.27. The van der Waals surface area contributed by atoms with Crippen LogP contribution >= 0.6 is 23.1 Å².